The molecule has 5 nitrogen and oxygen atoms in total. The molecule has 0 radical (unpaired) electrons. The fraction of sp³-hybridized carbons (Fsp3) is 0.111. The number of rotatable bonds is 5. The fourth-order valence-corrected chi connectivity index (χ4v) is 4.44. The van der Waals surface area contributed by atoms with Gasteiger partial charge in [-0.2, -0.15) is 0 Å². The van der Waals surface area contributed by atoms with E-state index in [-0.39, 0.29) is 17.7 Å². The normalized spacial score (nSPS) is 17.6. The highest BCUT2D eigenvalue weighted by molar-refractivity contribution is 6.46. The fourth-order valence-electron chi connectivity index (χ4n) is 4.44. The summed E-state index contributed by atoms with van der Waals surface area (Å²) in [4.78, 5) is 30.7. The van der Waals surface area contributed by atoms with E-state index in [1.54, 1.807) is 0 Å². The number of hydrogen-bond acceptors (Lipinski definition) is 3. The number of carbonyl (C=O) groups excluding carboxylic acids is 2. The lowest BCUT2D eigenvalue weighted by atomic mass is 9.95. The Morgan fingerprint density at radius 2 is 1.56 bits per heavy atom. The van der Waals surface area contributed by atoms with Crippen molar-refractivity contribution in [3.8, 4) is 0 Å². The molecule has 5 rings (SSSR count). The molecule has 1 aliphatic rings. The Bertz CT molecular complexity index is 1420. The predicted molar refractivity (Wildman–Crippen MR) is 124 cm³/mol. The van der Waals surface area contributed by atoms with E-state index in [0.29, 0.717) is 12.0 Å². The van der Waals surface area contributed by atoms with Crippen molar-refractivity contribution < 1.29 is 23.5 Å². The van der Waals surface area contributed by atoms with Gasteiger partial charge in [0.05, 0.1) is 11.6 Å². The van der Waals surface area contributed by atoms with Gasteiger partial charge in [-0.25, -0.2) is 8.78 Å². The molecule has 0 spiro atoms. The van der Waals surface area contributed by atoms with Crippen LogP contribution in [-0.2, 0) is 16.0 Å². The summed E-state index contributed by atoms with van der Waals surface area (Å²) in [6.07, 6.45) is 2.33. The lowest BCUT2D eigenvalue weighted by Crippen LogP contribution is -2.31. The molecule has 0 aliphatic carbocycles. The molecule has 0 saturated carbocycles. The van der Waals surface area contributed by atoms with Gasteiger partial charge in [0.25, 0.3) is 11.7 Å². The molecule has 0 unspecified atom stereocenters. The first-order chi connectivity index (χ1) is 16.4. The first-order valence-electron chi connectivity index (χ1n) is 10.8. The second-order valence-electron chi connectivity index (χ2n) is 8.16. The number of aromatic amines is 1. The number of hydrogen-bond donors (Lipinski definition) is 2. The van der Waals surface area contributed by atoms with Crippen molar-refractivity contribution >= 4 is 28.4 Å². The largest absolute Gasteiger partial charge is 0.507 e. The smallest absolute Gasteiger partial charge is 0.295 e. The van der Waals surface area contributed by atoms with E-state index in [1.165, 1.54) is 41.3 Å². The summed E-state index contributed by atoms with van der Waals surface area (Å²) in [6, 6.07) is 17.3. The van der Waals surface area contributed by atoms with Gasteiger partial charge in [-0.1, -0.05) is 30.3 Å². The average Bonchev–Trinajstić information content (AvgIpc) is 3.37. The van der Waals surface area contributed by atoms with E-state index in [0.717, 1.165) is 28.6 Å². The van der Waals surface area contributed by atoms with E-state index in [2.05, 4.69) is 4.98 Å². The van der Waals surface area contributed by atoms with Gasteiger partial charge in [0, 0.05) is 29.2 Å². The lowest BCUT2D eigenvalue weighted by molar-refractivity contribution is -0.139. The number of amides is 1. The highest BCUT2D eigenvalue weighted by atomic mass is 19.1. The van der Waals surface area contributed by atoms with Gasteiger partial charge >= 0.3 is 0 Å². The molecule has 1 fully saturated rings. The van der Waals surface area contributed by atoms with E-state index >= 15 is 0 Å². The SMILES string of the molecule is O=C1C(=O)N(CCc2c[nH]c3ccccc23)[C@H](c2ccc(F)cc2)C1=C(O)c1ccc(F)cc1. The minimum absolute atomic E-state index is 0.109. The maximum Gasteiger partial charge on any atom is 0.295 e. The van der Waals surface area contributed by atoms with Crippen molar-refractivity contribution in [3.05, 3.63) is 113 Å². The summed E-state index contributed by atoms with van der Waals surface area (Å²) in [5.41, 5.74) is 2.54. The summed E-state index contributed by atoms with van der Waals surface area (Å²) in [7, 11) is 0. The third-order valence-electron chi connectivity index (χ3n) is 6.14. The number of aliphatic hydroxyl groups excluding tert-OH is 1. The molecular formula is C27H20F2N2O3. The Labute approximate surface area is 194 Å². The molecular weight excluding hydrogens is 438 g/mol. The number of fused-ring (bicyclic) bond motifs is 1. The maximum absolute atomic E-state index is 13.6. The van der Waals surface area contributed by atoms with Crippen LogP contribution in [0.25, 0.3) is 16.7 Å². The molecule has 7 heteroatoms. The van der Waals surface area contributed by atoms with Crippen LogP contribution in [0.15, 0.2) is 84.6 Å². The number of halogens is 2. The van der Waals surface area contributed by atoms with Crippen molar-refractivity contribution in [1.82, 2.24) is 9.88 Å². The zero-order valence-electron chi connectivity index (χ0n) is 18.0. The number of ketones is 1. The lowest BCUT2D eigenvalue weighted by Gasteiger charge is -2.25. The topological polar surface area (TPSA) is 73.4 Å². The molecule has 2 heterocycles. The average molecular weight is 458 g/mol. The maximum atomic E-state index is 13.6. The van der Waals surface area contributed by atoms with Crippen molar-refractivity contribution in [3.63, 3.8) is 0 Å². The molecule has 4 aromatic rings. The van der Waals surface area contributed by atoms with Gasteiger partial charge in [-0.05, 0) is 60.0 Å². The number of nitrogens with zero attached hydrogens (tertiary/aromatic N) is 1. The molecule has 2 N–H and O–H groups in total. The first-order valence-corrected chi connectivity index (χ1v) is 10.8. The number of H-pyrrole nitrogens is 1. The number of Topliss-reactive ketones (excluding diaryl/α,β-unsaturated/α-hetero) is 1. The Morgan fingerprint density at radius 3 is 2.26 bits per heavy atom. The Hall–Kier alpha value is -4.26. The van der Waals surface area contributed by atoms with Gasteiger partial charge in [0.15, 0.2) is 0 Å². The van der Waals surface area contributed by atoms with Crippen molar-refractivity contribution in [2.75, 3.05) is 6.54 Å². The van der Waals surface area contributed by atoms with E-state index in [1.807, 2.05) is 30.5 Å². The van der Waals surface area contributed by atoms with Crippen LogP contribution in [-0.4, -0.2) is 33.2 Å². The molecule has 3 aromatic carbocycles. The number of aliphatic hydroxyl groups is 1. The highest BCUT2D eigenvalue weighted by Crippen LogP contribution is 2.39. The molecule has 1 aliphatic heterocycles. The monoisotopic (exact) mass is 458 g/mol. The molecule has 34 heavy (non-hydrogen) atoms. The summed E-state index contributed by atoms with van der Waals surface area (Å²) in [5, 5.41) is 12.0. The van der Waals surface area contributed by atoms with Gasteiger partial charge in [-0.3, -0.25) is 9.59 Å². The van der Waals surface area contributed by atoms with Crippen LogP contribution in [0.1, 0.15) is 22.7 Å². The van der Waals surface area contributed by atoms with Gasteiger partial charge in [-0.15, -0.1) is 0 Å². The molecule has 1 saturated heterocycles. The Kier molecular flexibility index (Phi) is 5.45. The summed E-state index contributed by atoms with van der Waals surface area (Å²) >= 11 is 0. The molecule has 0 bridgehead atoms. The van der Waals surface area contributed by atoms with E-state index in [4.69, 9.17) is 0 Å². The Balaban J connectivity index is 1.56. The Morgan fingerprint density at radius 1 is 0.912 bits per heavy atom. The van der Waals surface area contributed by atoms with Crippen molar-refractivity contribution in [2.24, 2.45) is 0 Å². The van der Waals surface area contributed by atoms with Crippen LogP contribution in [0.5, 0.6) is 0 Å². The van der Waals surface area contributed by atoms with Crippen LogP contribution in [0.3, 0.4) is 0 Å². The zero-order valence-corrected chi connectivity index (χ0v) is 18.0. The minimum Gasteiger partial charge on any atom is -0.507 e. The standard InChI is InChI=1S/C27H20F2N2O3/c28-19-9-5-16(6-10-19)24-23(25(32)17-7-11-20(29)12-8-17)26(33)27(34)31(24)14-13-18-15-30-22-4-2-1-3-21(18)22/h1-12,15,24,30,32H,13-14H2/t24-/m1/s1. The molecule has 1 atom stereocenters. The number of likely N-dealkylation sites (tertiary alicyclic amines) is 1. The summed E-state index contributed by atoms with van der Waals surface area (Å²) in [5.74, 6) is -2.95. The number of carbonyl (C=O) groups is 2. The van der Waals surface area contributed by atoms with Gasteiger partial charge in [0.1, 0.15) is 17.4 Å². The predicted octanol–water partition coefficient (Wildman–Crippen LogP) is 5.11. The highest BCUT2D eigenvalue weighted by Gasteiger charge is 2.45. The second-order valence-corrected chi connectivity index (χ2v) is 8.16. The zero-order chi connectivity index (χ0) is 23.8. The minimum atomic E-state index is -0.907. The van der Waals surface area contributed by atoms with Gasteiger partial charge in [0.2, 0.25) is 0 Å². The van der Waals surface area contributed by atoms with Crippen molar-refractivity contribution in [1.29, 1.82) is 0 Å². The number of nitrogens with one attached hydrogen (secondary N) is 1. The number of para-hydroxylation sites is 1. The van der Waals surface area contributed by atoms with Crippen LogP contribution in [0.4, 0.5) is 8.78 Å². The molecule has 170 valence electrons. The van der Waals surface area contributed by atoms with Crippen LogP contribution >= 0.6 is 0 Å². The molecule has 1 amide bonds. The molecule has 1 aromatic heterocycles. The van der Waals surface area contributed by atoms with E-state index < -0.39 is 35.1 Å². The quantitative estimate of drug-likeness (QED) is 0.248. The number of benzene rings is 3. The first kappa shape index (κ1) is 21.6. The second kappa shape index (κ2) is 8.59. The third kappa shape index (κ3) is 3.75. The third-order valence-corrected chi connectivity index (χ3v) is 6.14. The summed E-state index contributed by atoms with van der Waals surface area (Å²) < 4.78 is 27.0. The van der Waals surface area contributed by atoms with Crippen LogP contribution in [0.2, 0.25) is 0 Å². The van der Waals surface area contributed by atoms with Crippen LogP contribution in [0, 0.1) is 11.6 Å². The van der Waals surface area contributed by atoms with E-state index in [9.17, 15) is 23.5 Å². The summed E-state index contributed by atoms with van der Waals surface area (Å²) in [6.45, 7) is 0.203. The van der Waals surface area contributed by atoms with Crippen molar-refractivity contribution in [2.45, 2.75) is 12.5 Å². The van der Waals surface area contributed by atoms with Crippen LogP contribution < -0.4 is 0 Å². The number of aromatic nitrogens is 1. The van der Waals surface area contributed by atoms with Gasteiger partial charge < -0.3 is 15.0 Å².